The van der Waals surface area contributed by atoms with E-state index in [2.05, 4.69) is 10.3 Å². The summed E-state index contributed by atoms with van der Waals surface area (Å²) in [5, 5.41) is 3.64. The Morgan fingerprint density at radius 3 is 2.09 bits per heavy atom. The van der Waals surface area contributed by atoms with E-state index < -0.39 is 29.2 Å². The molecule has 1 fully saturated rings. The van der Waals surface area contributed by atoms with E-state index in [9.17, 15) is 0 Å². The Bertz CT molecular complexity index is 1730. The van der Waals surface area contributed by atoms with E-state index in [4.69, 9.17) is 24.2 Å². The van der Waals surface area contributed by atoms with Gasteiger partial charge >= 0.3 is 0 Å². The van der Waals surface area contributed by atoms with Crippen LogP contribution in [0, 0.1) is 5.92 Å². The first kappa shape index (κ1) is 31.2. The van der Waals surface area contributed by atoms with Gasteiger partial charge in [0.15, 0.2) is 23.1 Å². The molecule has 5 aromatic rings. The Morgan fingerprint density at radius 1 is 0.956 bits per heavy atom. The summed E-state index contributed by atoms with van der Waals surface area (Å²) in [5.74, 6) is -2.07. The van der Waals surface area contributed by atoms with E-state index in [1.165, 1.54) is 24.7 Å². The van der Waals surface area contributed by atoms with Gasteiger partial charge in [0.2, 0.25) is 17.7 Å². The van der Waals surface area contributed by atoms with Crippen molar-refractivity contribution in [2.75, 3.05) is 23.5 Å². The molecule has 0 unspecified atom stereocenters. The summed E-state index contributed by atoms with van der Waals surface area (Å²) in [7, 11) is 1.63. The summed E-state index contributed by atoms with van der Waals surface area (Å²) < 4.78 is 50.6. The van der Waals surface area contributed by atoms with Gasteiger partial charge in [-0.3, -0.25) is 4.57 Å². The zero-order valence-corrected chi connectivity index (χ0v) is 27.5. The summed E-state index contributed by atoms with van der Waals surface area (Å²) in [6.45, 7) is 5.02. The summed E-state index contributed by atoms with van der Waals surface area (Å²) >= 11 is 1.89. The third kappa shape index (κ3) is 5.29. The number of anilines is 1. The Balaban J connectivity index is 1.58. The van der Waals surface area contributed by atoms with Gasteiger partial charge in [0, 0.05) is 0 Å². The lowest BCUT2D eigenvalue weighted by atomic mass is 9.77. The van der Waals surface area contributed by atoms with Crippen molar-refractivity contribution < 1.29 is 23.0 Å². The molecule has 4 atom stereocenters. The number of ether oxygens (including phenoxy) is 3. The van der Waals surface area contributed by atoms with E-state index >= 15 is 8.78 Å². The van der Waals surface area contributed by atoms with Crippen LogP contribution >= 0.6 is 22.6 Å². The summed E-state index contributed by atoms with van der Waals surface area (Å²) in [5.41, 5.74) is 0.256. The fourth-order valence-corrected chi connectivity index (χ4v) is 6.81. The minimum Gasteiger partial charge on any atom is -0.497 e. The van der Waals surface area contributed by atoms with E-state index in [-0.39, 0.29) is 21.9 Å². The number of methoxy groups -OCH3 is 1. The standard InChI is InChI=1S/C34H34F2IN5O3/c1-5-44-29-27-28(42(21-38-27)30-32(3,35)22(2)33(36,20-37)45-30)39-31(40-29)41-34(23-12-8-6-9-13-23,24-14-10-7-11-15-24)25-16-18-26(43-4)19-17-25/h6-19,21-22,30H,5,20H2,1-4H3,(H,39,40,41)/t22-,30-,32+,33+/m0/s1. The van der Waals surface area contributed by atoms with Crippen molar-refractivity contribution in [1.82, 2.24) is 19.5 Å². The predicted molar refractivity (Wildman–Crippen MR) is 177 cm³/mol. The maximum absolute atomic E-state index is 16.3. The average molecular weight is 726 g/mol. The fraction of sp³-hybridized carbons (Fsp3) is 0.324. The number of imidazole rings is 1. The van der Waals surface area contributed by atoms with Crippen LogP contribution in [0.1, 0.15) is 43.7 Å². The minimum atomic E-state index is -2.16. The monoisotopic (exact) mass is 725 g/mol. The molecule has 2 aromatic heterocycles. The molecule has 0 bridgehead atoms. The molecule has 0 radical (unpaired) electrons. The first-order valence-electron chi connectivity index (χ1n) is 14.7. The molecule has 0 aliphatic carbocycles. The van der Waals surface area contributed by atoms with Crippen molar-refractivity contribution in [3.63, 3.8) is 0 Å². The molecule has 11 heteroatoms. The van der Waals surface area contributed by atoms with Gasteiger partial charge < -0.3 is 19.5 Å². The van der Waals surface area contributed by atoms with Gasteiger partial charge in [-0.15, -0.1) is 0 Å². The quantitative estimate of drug-likeness (QED) is 0.0901. The lowest BCUT2D eigenvalue weighted by Crippen LogP contribution is -2.39. The van der Waals surface area contributed by atoms with Crippen LogP contribution in [-0.4, -0.2) is 49.2 Å². The number of alkyl halides is 3. The number of nitrogens with zero attached hydrogens (tertiary/aromatic N) is 4. The Hall–Kier alpha value is -3.84. The largest absolute Gasteiger partial charge is 0.497 e. The predicted octanol–water partition coefficient (Wildman–Crippen LogP) is 7.63. The van der Waals surface area contributed by atoms with Gasteiger partial charge in [-0.05, 0) is 42.7 Å². The molecule has 1 aliphatic rings. The minimum absolute atomic E-state index is 0.0287. The number of aromatic nitrogens is 4. The fourth-order valence-electron chi connectivity index (χ4n) is 5.97. The van der Waals surface area contributed by atoms with Gasteiger partial charge in [0.05, 0.1) is 30.4 Å². The van der Waals surface area contributed by atoms with Crippen LogP contribution in [0.25, 0.3) is 11.2 Å². The van der Waals surface area contributed by atoms with Gasteiger partial charge in [-0.1, -0.05) is 102 Å². The molecule has 1 saturated heterocycles. The molecule has 234 valence electrons. The molecule has 3 aromatic carbocycles. The molecular formula is C34H34F2IN5O3. The number of halogens is 3. The summed E-state index contributed by atoms with van der Waals surface area (Å²) in [6, 6.07) is 27.7. The zero-order chi connectivity index (χ0) is 31.8. The number of hydrogen-bond acceptors (Lipinski definition) is 7. The second-order valence-electron chi connectivity index (χ2n) is 11.2. The number of rotatable bonds is 10. The first-order valence-corrected chi connectivity index (χ1v) is 16.2. The number of fused-ring (bicyclic) bond motifs is 1. The zero-order valence-electron chi connectivity index (χ0n) is 25.4. The third-order valence-electron chi connectivity index (χ3n) is 8.63. The van der Waals surface area contributed by atoms with Crippen molar-refractivity contribution in [2.24, 2.45) is 5.92 Å². The molecule has 0 amide bonds. The van der Waals surface area contributed by atoms with Crippen LogP contribution in [0.15, 0.2) is 91.3 Å². The highest BCUT2D eigenvalue weighted by Crippen LogP contribution is 2.53. The van der Waals surface area contributed by atoms with Crippen LogP contribution in [0.5, 0.6) is 11.6 Å². The van der Waals surface area contributed by atoms with Crippen LogP contribution in [0.2, 0.25) is 0 Å². The topological polar surface area (TPSA) is 83.3 Å². The van der Waals surface area contributed by atoms with Crippen molar-refractivity contribution in [1.29, 1.82) is 0 Å². The number of nitrogens with one attached hydrogen (secondary N) is 1. The maximum atomic E-state index is 16.3. The normalized spacial score (nSPS) is 23.3. The molecule has 1 N–H and O–H groups in total. The lowest BCUT2D eigenvalue weighted by Gasteiger charge is -2.37. The van der Waals surface area contributed by atoms with E-state index in [1.54, 1.807) is 7.11 Å². The highest BCUT2D eigenvalue weighted by atomic mass is 127. The van der Waals surface area contributed by atoms with E-state index in [1.807, 2.05) is 114 Å². The maximum Gasteiger partial charge on any atom is 0.247 e. The molecule has 3 heterocycles. The van der Waals surface area contributed by atoms with Crippen LogP contribution in [0.3, 0.4) is 0 Å². The third-order valence-corrected chi connectivity index (χ3v) is 9.67. The average Bonchev–Trinajstić information content (AvgIpc) is 3.57. The second-order valence-corrected chi connectivity index (χ2v) is 12.0. The molecule has 0 saturated carbocycles. The molecule has 0 spiro atoms. The van der Waals surface area contributed by atoms with E-state index in [0.29, 0.717) is 17.9 Å². The Labute approximate surface area is 274 Å². The van der Waals surface area contributed by atoms with Gasteiger partial charge in [-0.2, -0.15) is 9.97 Å². The molecule has 45 heavy (non-hydrogen) atoms. The van der Waals surface area contributed by atoms with Crippen molar-refractivity contribution in [3.05, 3.63) is 108 Å². The highest BCUT2D eigenvalue weighted by molar-refractivity contribution is 14.1. The SMILES string of the molecule is CCOc1nc(NC(c2ccccc2)(c2ccccc2)c2ccc(OC)cc2)nc2c1ncn2[C@H]1O[C@](F)(CI)[C@@H](C)[C@@]1(C)F. The van der Waals surface area contributed by atoms with Gasteiger partial charge in [0.1, 0.15) is 11.3 Å². The smallest absolute Gasteiger partial charge is 0.247 e. The van der Waals surface area contributed by atoms with Crippen molar-refractivity contribution in [2.45, 2.75) is 44.1 Å². The second kappa shape index (κ2) is 12.2. The number of benzene rings is 3. The van der Waals surface area contributed by atoms with E-state index in [0.717, 1.165) is 16.7 Å². The van der Waals surface area contributed by atoms with Gasteiger partial charge in [0.25, 0.3) is 0 Å². The first-order chi connectivity index (χ1) is 21.7. The molecular weight excluding hydrogens is 691 g/mol. The molecule has 6 rings (SSSR count). The van der Waals surface area contributed by atoms with Crippen LogP contribution in [0.4, 0.5) is 14.7 Å². The van der Waals surface area contributed by atoms with Crippen molar-refractivity contribution >= 4 is 39.7 Å². The van der Waals surface area contributed by atoms with Gasteiger partial charge in [-0.25, -0.2) is 13.8 Å². The molecule has 8 nitrogen and oxygen atoms in total. The summed E-state index contributed by atoms with van der Waals surface area (Å²) in [4.78, 5) is 14.1. The molecule has 1 aliphatic heterocycles. The highest BCUT2D eigenvalue weighted by Gasteiger charge is 2.62. The lowest BCUT2D eigenvalue weighted by molar-refractivity contribution is -0.153. The van der Waals surface area contributed by atoms with Crippen LogP contribution < -0.4 is 14.8 Å². The Morgan fingerprint density at radius 2 is 1.56 bits per heavy atom. The van der Waals surface area contributed by atoms with Crippen molar-refractivity contribution in [3.8, 4) is 11.6 Å². The number of hydrogen-bond donors (Lipinski definition) is 1. The summed E-state index contributed by atoms with van der Waals surface area (Å²) in [6.07, 6.45) is 0.0920. The Kier molecular flexibility index (Phi) is 8.42. The van der Waals surface area contributed by atoms with Crippen LogP contribution in [-0.2, 0) is 10.3 Å².